The van der Waals surface area contributed by atoms with Crippen LogP contribution in [0.5, 0.6) is 0 Å². The number of aromatic nitrogens is 3. The highest BCUT2D eigenvalue weighted by Gasteiger charge is 2.16. The molecular weight excluding hydrogens is 449 g/mol. The van der Waals surface area contributed by atoms with E-state index in [0.717, 1.165) is 23.2 Å². The molecule has 140 valence electrons. The molecule has 0 radical (unpaired) electrons. The lowest BCUT2D eigenvalue weighted by Gasteiger charge is -2.24. The molecule has 0 saturated heterocycles. The first-order chi connectivity index (χ1) is 11.4. The first-order valence-corrected chi connectivity index (χ1v) is 8.74. The molecule has 0 spiro atoms. The van der Waals surface area contributed by atoms with Crippen molar-refractivity contribution >= 4 is 41.3 Å². The van der Waals surface area contributed by atoms with Gasteiger partial charge in [-0.15, -0.1) is 35.3 Å². The van der Waals surface area contributed by atoms with Crippen LogP contribution in [0.4, 0.5) is 0 Å². The van der Waals surface area contributed by atoms with Crippen molar-refractivity contribution in [3.8, 4) is 0 Å². The molecule has 1 atom stereocenters. The number of halogens is 1. The van der Waals surface area contributed by atoms with Gasteiger partial charge in [-0.3, -0.25) is 9.67 Å². The average molecular weight is 477 g/mol. The van der Waals surface area contributed by atoms with E-state index < -0.39 is 0 Å². The van der Waals surface area contributed by atoms with Gasteiger partial charge < -0.3 is 15.5 Å². The van der Waals surface area contributed by atoms with Crippen molar-refractivity contribution in [2.45, 2.75) is 26.4 Å². The Morgan fingerprint density at radius 1 is 1.36 bits per heavy atom. The van der Waals surface area contributed by atoms with Gasteiger partial charge in [-0.2, -0.15) is 5.10 Å². The van der Waals surface area contributed by atoms with Crippen molar-refractivity contribution < 1.29 is 0 Å². The van der Waals surface area contributed by atoms with Gasteiger partial charge in [-0.1, -0.05) is 0 Å². The minimum Gasteiger partial charge on any atom is -0.354 e. The van der Waals surface area contributed by atoms with Gasteiger partial charge in [-0.05, 0) is 27.9 Å². The Morgan fingerprint density at radius 3 is 2.56 bits per heavy atom. The number of aliphatic imine (C=N–C) groups is 1. The predicted octanol–water partition coefficient (Wildman–Crippen LogP) is 2.08. The van der Waals surface area contributed by atoms with Crippen LogP contribution in [0.3, 0.4) is 0 Å². The van der Waals surface area contributed by atoms with E-state index in [1.807, 2.05) is 31.0 Å². The summed E-state index contributed by atoms with van der Waals surface area (Å²) in [7, 11) is 7.85. The first-order valence-electron chi connectivity index (χ1n) is 7.93. The van der Waals surface area contributed by atoms with E-state index in [4.69, 9.17) is 0 Å². The van der Waals surface area contributed by atoms with Crippen LogP contribution in [0, 0.1) is 13.8 Å². The summed E-state index contributed by atoms with van der Waals surface area (Å²) in [5.41, 5.74) is 2.28. The summed E-state index contributed by atoms with van der Waals surface area (Å²) in [6, 6.07) is 0.224. The van der Waals surface area contributed by atoms with Crippen molar-refractivity contribution in [1.29, 1.82) is 0 Å². The second-order valence-corrected chi connectivity index (χ2v) is 7.27. The highest BCUT2D eigenvalue weighted by molar-refractivity contribution is 14.0. The van der Waals surface area contributed by atoms with Crippen molar-refractivity contribution in [2.24, 2.45) is 12.0 Å². The minimum atomic E-state index is 0. The van der Waals surface area contributed by atoms with Gasteiger partial charge in [0.15, 0.2) is 5.96 Å². The molecule has 0 bridgehead atoms. The summed E-state index contributed by atoms with van der Waals surface area (Å²) in [4.78, 5) is 12.3. The molecule has 0 aromatic carbocycles. The lowest BCUT2D eigenvalue weighted by molar-refractivity contribution is 0.298. The maximum atomic E-state index is 4.54. The summed E-state index contributed by atoms with van der Waals surface area (Å²) in [5, 5.41) is 12.0. The number of nitrogens with zero attached hydrogens (tertiary/aromatic N) is 5. The summed E-state index contributed by atoms with van der Waals surface area (Å²) in [6.07, 6.45) is 3.95. The number of nitrogens with one attached hydrogen (secondary N) is 2. The molecule has 2 heterocycles. The Labute approximate surface area is 171 Å². The van der Waals surface area contributed by atoms with Gasteiger partial charge in [0.25, 0.3) is 0 Å². The zero-order valence-electron chi connectivity index (χ0n) is 15.7. The smallest absolute Gasteiger partial charge is 0.191 e. The van der Waals surface area contributed by atoms with Crippen LogP contribution in [0.1, 0.15) is 27.2 Å². The zero-order valence-corrected chi connectivity index (χ0v) is 18.8. The molecule has 25 heavy (non-hydrogen) atoms. The molecule has 0 saturated carbocycles. The molecule has 9 heteroatoms. The predicted molar refractivity (Wildman–Crippen MR) is 115 cm³/mol. The molecule has 2 aromatic rings. The van der Waals surface area contributed by atoms with E-state index in [9.17, 15) is 0 Å². The third-order valence-electron chi connectivity index (χ3n) is 3.90. The Balaban J connectivity index is 0.00000312. The van der Waals surface area contributed by atoms with Crippen LogP contribution in [0.25, 0.3) is 0 Å². The largest absolute Gasteiger partial charge is 0.354 e. The van der Waals surface area contributed by atoms with Gasteiger partial charge in [0, 0.05) is 37.3 Å². The second kappa shape index (κ2) is 10.1. The number of rotatable bonds is 6. The standard InChI is InChI=1S/C16H27N7S.HI/c1-11-12(2)24-15(21-11)9-19-16(17-3)18-8-14(22(4)5)13-7-20-23(6)10-13;/h7,10,14H,8-9H2,1-6H3,(H2,17,18,19);1H. The van der Waals surface area contributed by atoms with Crippen LogP contribution < -0.4 is 10.6 Å². The number of aryl methyl sites for hydroxylation is 3. The fourth-order valence-electron chi connectivity index (χ4n) is 2.40. The number of thiazole rings is 1. The normalized spacial score (nSPS) is 12.8. The summed E-state index contributed by atoms with van der Waals surface area (Å²) >= 11 is 1.72. The van der Waals surface area contributed by atoms with E-state index >= 15 is 0 Å². The fourth-order valence-corrected chi connectivity index (χ4v) is 3.27. The Bertz CT molecular complexity index is 673. The molecule has 1 unspecified atom stereocenters. The lowest BCUT2D eigenvalue weighted by atomic mass is 10.1. The van der Waals surface area contributed by atoms with Crippen LogP contribution in [0.15, 0.2) is 17.4 Å². The zero-order chi connectivity index (χ0) is 17.7. The molecule has 2 rings (SSSR count). The van der Waals surface area contributed by atoms with Gasteiger partial charge in [-0.25, -0.2) is 4.98 Å². The Kier molecular flexibility index (Phi) is 8.80. The third-order valence-corrected chi connectivity index (χ3v) is 4.97. The molecule has 0 aliphatic rings. The summed E-state index contributed by atoms with van der Waals surface area (Å²) < 4.78 is 1.83. The monoisotopic (exact) mass is 477 g/mol. The van der Waals surface area contributed by atoms with Gasteiger partial charge in [0.1, 0.15) is 5.01 Å². The average Bonchev–Trinajstić information content (AvgIpc) is 3.08. The van der Waals surface area contributed by atoms with E-state index in [-0.39, 0.29) is 30.0 Å². The number of guanidine groups is 1. The van der Waals surface area contributed by atoms with E-state index in [1.54, 1.807) is 18.4 Å². The molecule has 0 aliphatic heterocycles. The maximum absolute atomic E-state index is 4.54. The molecule has 0 fully saturated rings. The van der Waals surface area contributed by atoms with Crippen LogP contribution >= 0.6 is 35.3 Å². The topological polar surface area (TPSA) is 70.4 Å². The molecule has 2 N–H and O–H groups in total. The molecule has 0 aliphatic carbocycles. The molecular formula is C16H28IN7S. The third kappa shape index (κ3) is 6.23. The second-order valence-electron chi connectivity index (χ2n) is 5.98. The molecule has 7 nitrogen and oxygen atoms in total. The lowest BCUT2D eigenvalue weighted by Crippen LogP contribution is -2.41. The summed E-state index contributed by atoms with van der Waals surface area (Å²) in [6.45, 7) is 5.56. The first kappa shape index (κ1) is 21.8. The fraction of sp³-hybridized carbons (Fsp3) is 0.562. The van der Waals surface area contributed by atoms with Gasteiger partial charge in [0.05, 0.1) is 24.5 Å². The van der Waals surface area contributed by atoms with E-state index in [2.05, 4.69) is 51.6 Å². The van der Waals surface area contributed by atoms with E-state index in [1.165, 1.54) is 10.4 Å². The van der Waals surface area contributed by atoms with Crippen LogP contribution in [0.2, 0.25) is 0 Å². The molecule has 2 aromatic heterocycles. The van der Waals surface area contributed by atoms with Crippen LogP contribution in [-0.2, 0) is 13.6 Å². The van der Waals surface area contributed by atoms with Crippen molar-refractivity contribution in [3.63, 3.8) is 0 Å². The quantitative estimate of drug-likeness (QED) is 0.379. The highest BCUT2D eigenvalue weighted by Crippen LogP contribution is 2.17. The minimum absolute atomic E-state index is 0. The van der Waals surface area contributed by atoms with Crippen LogP contribution in [-0.4, -0.2) is 53.3 Å². The maximum Gasteiger partial charge on any atom is 0.191 e. The van der Waals surface area contributed by atoms with Gasteiger partial charge in [0.2, 0.25) is 0 Å². The van der Waals surface area contributed by atoms with Crippen molar-refractivity contribution in [3.05, 3.63) is 33.5 Å². The highest BCUT2D eigenvalue weighted by atomic mass is 127. The number of hydrogen-bond acceptors (Lipinski definition) is 5. The number of likely N-dealkylation sites (N-methyl/N-ethyl adjacent to an activating group) is 1. The SMILES string of the molecule is CN=C(NCc1nc(C)c(C)s1)NCC(c1cnn(C)c1)N(C)C.I. The Morgan fingerprint density at radius 2 is 2.08 bits per heavy atom. The van der Waals surface area contributed by atoms with Crippen molar-refractivity contribution in [1.82, 2.24) is 30.3 Å². The molecule has 0 amide bonds. The Hall–Kier alpha value is -1.20. The summed E-state index contributed by atoms with van der Waals surface area (Å²) in [5.74, 6) is 0.774. The van der Waals surface area contributed by atoms with Crippen molar-refractivity contribution in [2.75, 3.05) is 27.7 Å². The number of hydrogen-bond donors (Lipinski definition) is 2. The van der Waals surface area contributed by atoms with Gasteiger partial charge >= 0.3 is 0 Å². The van der Waals surface area contributed by atoms with E-state index in [0.29, 0.717) is 6.54 Å².